The van der Waals surface area contributed by atoms with Crippen LogP contribution in [0.2, 0.25) is 0 Å². The predicted molar refractivity (Wildman–Crippen MR) is 74.5 cm³/mol. The number of carboxylic acid groups (broad SMARTS) is 1. The smallest absolute Gasteiger partial charge is 0.312 e. The molecule has 4 heteroatoms. The molecule has 0 saturated carbocycles. The summed E-state index contributed by atoms with van der Waals surface area (Å²) in [5.41, 5.74) is 0.688. The van der Waals surface area contributed by atoms with Crippen LogP contribution in [0, 0.1) is 5.41 Å². The van der Waals surface area contributed by atoms with E-state index in [0.717, 1.165) is 19.3 Å². The average molecular weight is 278 g/mol. The van der Waals surface area contributed by atoms with Crippen molar-refractivity contribution in [3.63, 3.8) is 0 Å². The fraction of sp³-hybridized carbons (Fsp3) is 0.533. The van der Waals surface area contributed by atoms with Crippen molar-refractivity contribution in [2.45, 2.75) is 35.8 Å². The van der Waals surface area contributed by atoms with Crippen molar-refractivity contribution in [3.05, 3.63) is 29.8 Å². The molecule has 2 aliphatic rings. The third kappa shape index (κ3) is 2.51. The number of ether oxygens (including phenoxy) is 1. The molecule has 2 aliphatic heterocycles. The molecule has 0 radical (unpaired) electrons. The maximum atomic E-state index is 11.6. The summed E-state index contributed by atoms with van der Waals surface area (Å²) in [6.07, 6.45) is 3.30. The largest absolute Gasteiger partial charge is 0.481 e. The summed E-state index contributed by atoms with van der Waals surface area (Å²) < 4.78 is 5.44. The van der Waals surface area contributed by atoms with Gasteiger partial charge in [0.05, 0.1) is 12.0 Å². The summed E-state index contributed by atoms with van der Waals surface area (Å²) in [4.78, 5) is 13.0. The van der Waals surface area contributed by atoms with Gasteiger partial charge in [0.2, 0.25) is 0 Å². The standard InChI is InChI=1S/C15H18O3S/c16-14(17)15(6-3-7-18-10-15)9-12-8-11-4-1-2-5-13(11)19-12/h1-2,4-5,12H,3,6-10H2,(H,16,17). The van der Waals surface area contributed by atoms with Crippen LogP contribution in [0.3, 0.4) is 0 Å². The predicted octanol–water partition coefficient (Wildman–Crippen LogP) is 2.97. The highest BCUT2D eigenvalue weighted by molar-refractivity contribution is 8.00. The Hall–Kier alpha value is -1.00. The van der Waals surface area contributed by atoms with Crippen molar-refractivity contribution < 1.29 is 14.6 Å². The Bertz CT molecular complexity index is 455. The highest BCUT2D eigenvalue weighted by atomic mass is 32.2. The quantitative estimate of drug-likeness (QED) is 0.923. The first-order valence-electron chi connectivity index (χ1n) is 6.75. The molecule has 19 heavy (non-hydrogen) atoms. The molecular formula is C15H18O3S. The Labute approximate surface area is 117 Å². The van der Waals surface area contributed by atoms with Crippen LogP contribution in [0.4, 0.5) is 0 Å². The summed E-state index contributed by atoms with van der Waals surface area (Å²) in [5.74, 6) is -0.691. The molecule has 1 aromatic carbocycles. The first-order chi connectivity index (χ1) is 9.20. The van der Waals surface area contributed by atoms with Gasteiger partial charge < -0.3 is 9.84 Å². The van der Waals surface area contributed by atoms with Crippen molar-refractivity contribution in [2.24, 2.45) is 5.41 Å². The van der Waals surface area contributed by atoms with Gasteiger partial charge >= 0.3 is 5.97 Å². The van der Waals surface area contributed by atoms with E-state index in [1.54, 1.807) is 0 Å². The number of aliphatic carboxylic acids is 1. The summed E-state index contributed by atoms with van der Waals surface area (Å²) in [6.45, 7) is 1.07. The number of carboxylic acids is 1. The molecule has 3 nitrogen and oxygen atoms in total. The minimum Gasteiger partial charge on any atom is -0.481 e. The molecule has 0 bridgehead atoms. The van der Waals surface area contributed by atoms with Gasteiger partial charge in [-0.1, -0.05) is 18.2 Å². The Morgan fingerprint density at radius 3 is 3.00 bits per heavy atom. The van der Waals surface area contributed by atoms with Gasteiger partial charge in [-0.25, -0.2) is 0 Å². The molecule has 2 atom stereocenters. The van der Waals surface area contributed by atoms with E-state index >= 15 is 0 Å². The third-order valence-corrected chi connectivity index (χ3v) is 5.43. The van der Waals surface area contributed by atoms with Gasteiger partial charge in [-0.3, -0.25) is 4.79 Å². The minimum absolute atomic E-state index is 0.371. The highest BCUT2D eigenvalue weighted by Crippen LogP contribution is 2.44. The lowest BCUT2D eigenvalue weighted by Crippen LogP contribution is -2.41. The van der Waals surface area contributed by atoms with Crippen LogP contribution in [0.1, 0.15) is 24.8 Å². The second-order valence-corrected chi connectivity index (χ2v) is 6.84. The van der Waals surface area contributed by atoms with Crippen LogP contribution in [0.5, 0.6) is 0 Å². The molecule has 2 heterocycles. The van der Waals surface area contributed by atoms with Crippen LogP contribution >= 0.6 is 11.8 Å². The Morgan fingerprint density at radius 1 is 1.47 bits per heavy atom. The van der Waals surface area contributed by atoms with E-state index in [1.807, 2.05) is 17.8 Å². The van der Waals surface area contributed by atoms with Gasteiger partial charge in [0, 0.05) is 16.8 Å². The molecule has 0 aromatic heterocycles. The number of benzene rings is 1. The maximum absolute atomic E-state index is 11.6. The summed E-state index contributed by atoms with van der Waals surface area (Å²) in [6, 6.07) is 8.38. The van der Waals surface area contributed by atoms with Gasteiger partial charge in [0.15, 0.2) is 0 Å². The van der Waals surface area contributed by atoms with E-state index < -0.39 is 11.4 Å². The van der Waals surface area contributed by atoms with Gasteiger partial charge in [0.25, 0.3) is 0 Å². The van der Waals surface area contributed by atoms with Crippen LogP contribution in [-0.4, -0.2) is 29.5 Å². The van der Waals surface area contributed by atoms with E-state index in [1.165, 1.54) is 10.5 Å². The van der Waals surface area contributed by atoms with Gasteiger partial charge in [-0.2, -0.15) is 0 Å². The first kappa shape index (κ1) is 13.0. The number of carbonyl (C=O) groups is 1. The van der Waals surface area contributed by atoms with Gasteiger partial charge in [-0.15, -0.1) is 11.8 Å². The summed E-state index contributed by atoms with van der Waals surface area (Å²) >= 11 is 1.83. The SMILES string of the molecule is O=C(O)C1(CC2Cc3ccccc3S2)CCCOC1. The number of rotatable bonds is 3. The normalized spacial score (nSPS) is 30.0. The molecule has 1 fully saturated rings. The van der Waals surface area contributed by atoms with Crippen molar-refractivity contribution in [2.75, 3.05) is 13.2 Å². The summed E-state index contributed by atoms with van der Waals surface area (Å²) in [7, 11) is 0. The zero-order valence-corrected chi connectivity index (χ0v) is 11.6. The second kappa shape index (κ2) is 5.17. The van der Waals surface area contributed by atoms with Crippen LogP contribution in [-0.2, 0) is 16.0 Å². The molecule has 3 rings (SSSR count). The molecule has 2 unspecified atom stereocenters. The molecular weight excluding hydrogens is 260 g/mol. The number of fused-ring (bicyclic) bond motifs is 1. The van der Waals surface area contributed by atoms with E-state index in [-0.39, 0.29) is 0 Å². The molecule has 0 amide bonds. The van der Waals surface area contributed by atoms with Crippen LogP contribution < -0.4 is 0 Å². The molecule has 0 spiro atoms. The summed E-state index contributed by atoms with van der Waals surface area (Å²) in [5, 5.41) is 9.95. The van der Waals surface area contributed by atoms with Crippen molar-refractivity contribution >= 4 is 17.7 Å². The second-order valence-electron chi connectivity index (χ2n) is 5.50. The van der Waals surface area contributed by atoms with Crippen molar-refractivity contribution in [1.82, 2.24) is 0 Å². The van der Waals surface area contributed by atoms with E-state index in [4.69, 9.17) is 4.74 Å². The topological polar surface area (TPSA) is 46.5 Å². The van der Waals surface area contributed by atoms with E-state index in [9.17, 15) is 9.90 Å². The molecule has 1 aromatic rings. The van der Waals surface area contributed by atoms with Crippen molar-refractivity contribution in [3.8, 4) is 0 Å². The lowest BCUT2D eigenvalue weighted by Gasteiger charge is -2.34. The van der Waals surface area contributed by atoms with Gasteiger partial charge in [-0.05, 0) is 37.3 Å². The number of thioether (sulfide) groups is 1. The fourth-order valence-electron chi connectivity index (χ4n) is 3.07. The maximum Gasteiger partial charge on any atom is 0.312 e. The molecule has 1 N–H and O–H groups in total. The van der Waals surface area contributed by atoms with E-state index in [0.29, 0.717) is 24.9 Å². The van der Waals surface area contributed by atoms with Crippen molar-refractivity contribution in [1.29, 1.82) is 0 Å². The lowest BCUT2D eigenvalue weighted by molar-refractivity contribution is -0.158. The van der Waals surface area contributed by atoms with Crippen LogP contribution in [0.15, 0.2) is 29.2 Å². The first-order valence-corrected chi connectivity index (χ1v) is 7.63. The molecule has 0 aliphatic carbocycles. The monoisotopic (exact) mass is 278 g/mol. The van der Waals surface area contributed by atoms with Gasteiger partial charge in [0.1, 0.15) is 0 Å². The van der Waals surface area contributed by atoms with E-state index in [2.05, 4.69) is 18.2 Å². The highest BCUT2D eigenvalue weighted by Gasteiger charge is 2.43. The Kier molecular flexibility index (Phi) is 3.54. The van der Waals surface area contributed by atoms with Crippen LogP contribution in [0.25, 0.3) is 0 Å². The Morgan fingerprint density at radius 2 is 2.32 bits per heavy atom. The molecule has 102 valence electrons. The zero-order valence-electron chi connectivity index (χ0n) is 10.8. The molecule has 1 saturated heterocycles. The number of hydrogen-bond acceptors (Lipinski definition) is 3. The zero-order chi connectivity index (χ0) is 13.3. The average Bonchev–Trinajstić information content (AvgIpc) is 2.81. The minimum atomic E-state index is -0.691. The Balaban J connectivity index is 1.73. The third-order valence-electron chi connectivity index (χ3n) is 4.11. The lowest BCUT2D eigenvalue weighted by atomic mass is 9.78. The number of hydrogen-bond donors (Lipinski definition) is 1. The fourth-order valence-corrected chi connectivity index (χ4v) is 4.56.